The average molecular weight is 279 g/mol. The number of halogens is 1. The summed E-state index contributed by atoms with van der Waals surface area (Å²) in [4.78, 5) is 24.6. The smallest absolute Gasteiger partial charge is 0.308 e. The molecule has 1 aromatic carbocycles. The van der Waals surface area contributed by atoms with Crippen LogP contribution in [0, 0.1) is 11.7 Å². The summed E-state index contributed by atoms with van der Waals surface area (Å²) in [5, 5.41) is 8.92. The fraction of sp³-hybridized carbons (Fsp3) is 0.467. The number of carbonyl (C=O) groups is 2. The molecule has 1 aliphatic rings. The summed E-state index contributed by atoms with van der Waals surface area (Å²) in [5.74, 6) is -1.96. The highest BCUT2D eigenvalue weighted by molar-refractivity contribution is 5.79. The number of hydrogen-bond acceptors (Lipinski definition) is 2. The molecule has 1 N–H and O–H groups in total. The Bertz CT molecular complexity index is 518. The van der Waals surface area contributed by atoms with E-state index < -0.39 is 11.9 Å². The first-order valence-electron chi connectivity index (χ1n) is 6.74. The molecule has 2 rings (SSSR count). The van der Waals surface area contributed by atoms with Gasteiger partial charge in [0, 0.05) is 19.5 Å². The third-order valence-corrected chi connectivity index (χ3v) is 3.81. The Kier molecular flexibility index (Phi) is 4.37. The zero-order valence-corrected chi connectivity index (χ0v) is 11.4. The van der Waals surface area contributed by atoms with Crippen molar-refractivity contribution in [1.29, 1.82) is 0 Å². The SMILES string of the molecule is C[C@H](CC(=O)N1CC[C@H](C(=O)O)C1)c1ccccc1F. The molecule has 1 fully saturated rings. The lowest BCUT2D eigenvalue weighted by Crippen LogP contribution is -2.30. The number of carbonyl (C=O) groups excluding carboxylic acids is 1. The number of hydrogen-bond donors (Lipinski definition) is 1. The molecule has 20 heavy (non-hydrogen) atoms. The molecule has 1 heterocycles. The van der Waals surface area contributed by atoms with Gasteiger partial charge in [0.15, 0.2) is 0 Å². The van der Waals surface area contributed by atoms with Gasteiger partial charge in [0.25, 0.3) is 0 Å². The van der Waals surface area contributed by atoms with E-state index in [2.05, 4.69) is 0 Å². The van der Waals surface area contributed by atoms with Gasteiger partial charge < -0.3 is 10.0 Å². The molecular formula is C15H18FNO3. The Morgan fingerprint density at radius 1 is 1.45 bits per heavy atom. The molecule has 2 atom stereocenters. The zero-order chi connectivity index (χ0) is 14.7. The first-order valence-corrected chi connectivity index (χ1v) is 6.74. The van der Waals surface area contributed by atoms with Crippen LogP contribution in [-0.4, -0.2) is 35.0 Å². The van der Waals surface area contributed by atoms with Gasteiger partial charge in [0.1, 0.15) is 5.82 Å². The maximum absolute atomic E-state index is 13.6. The number of benzene rings is 1. The van der Waals surface area contributed by atoms with Gasteiger partial charge in [-0.2, -0.15) is 0 Å². The fourth-order valence-corrected chi connectivity index (χ4v) is 2.56. The van der Waals surface area contributed by atoms with Crippen LogP contribution < -0.4 is 0 Å². The van der Waals surface area contributed by atoms with E-state index in [-0.39, 0.29) is 30.6 Å². The van der Waals surface area contributed by atoms with Gasteiger partial charge in [-0.15, -0.1) is 0 Å². The van der Waals surface area contributed by atoms with Crippen molar-refractivity contribution in [2.24, 2.45) is 5.92 Å². The fourth-order valence-electron chi connectivity index (χ4n) is 2.56. The Balaban J connectivity index is 1.95. The Morgan fingerprint density at radius 2 is 2.15 bits per heavy atom. The number of likely N-dealkylation sites (tertiary alicyclic amines) is 1. The van der Waals surface area contributed by atoms with Crippen molar-refractivity contribution in [3.05, 3.63) is 35.6 Å². The van der Waals surface area contributed by atoms with Crippen LogP contribution in [0.2, 0.25) is 0 Å². The van der Waals surface area contributed by atoms with E-state index in [0.29, 0.717) is 18.5 Å². The van der Waals surface area contributed by atoms with Crippen LogP contribution >= 0.6 is 0 Å². The second-order valence-corrected chi connectivity index (χ2v) is 5.29. The summed E-state index contributed by atoms with van der Waals surface area (Å²) < 4.78 is 13.6. The molecule has 0 aliphatic carbocycles. The summed E-state index contributed by atoms with van der Waals surface area (Å²) in [6.45, 7) is 2.54. The van der Waals surface area contributed by atoms with E-state index in [9.17, 15) is 14.0 Å². The van der Waals surface area contributed by atoms with E-state index in [0.717, 1.165) is 0 Å². The van der Waals surface area contributed by atoms with Gasteiger partial charge >= 0.3 is 5.97 Å². The second-order valence-electron chi connectivity index (χ2n) is 5.29. The molecule has 5 heteroatoms. The summed E-state index contributed by atoms with van der Waals surface area (Å²) in [6.07, 6.45) is 0.697. The number of carboxylic acids is 1. The Labute approximate surface area is 117 Å². The maximum Gasteiger partial charge on any atom is 0.308 e. The van der Waals surface area contributed by atoms with Crippen molar-refractivity contribution < 1.29 is 19.1 Å². The highest BCUT2D eigenvalue weighted by Gasteiger charge is 2.31. The topological polar surface area (TPSA) is 57.6 Å². The lowest BCUT2D eigenvalue weighted by atomic mass is 9.96. The monoisotopic (exact) mass is 279 g/mol. The molecule has 1 aromatic rings. The van der Waals surface area contributed by atoms with Crippen molar-refractivity contribution in [2.45, 2.75) is 25.7 Å². The normalized spacial score (nSPS) is 19.9. The summed E-state index contributed by atoms with van der Waals surface area (Å²) in [5.41, 5.74) is 0.523. The highest BCUT2D eigenvalue weighted by atomic mass is 19.1. The largest absolute Gasteiger partial charge is 0.481 e. The highest BCUT2D eigenvalue weighted by Crippen LogP contribution is 2.24. The molecule has 1 saturated heterocycles. The quantitative estimate of drug-likeness (QED) is 0.919. The van der Waals surface area contributed by atoms with Crippen LogP contribution in [0.4, 0.5) is 4.39 Å². The molecule has 0 saturated carbocycles. The first-order chi connectivity index (χ1) is 9.49. The van der Waals surface area contributed by atoms with E-state index in [4.69, 9.17) is 5.11 Å². The van der Waals surface area contributed by atoms with Crippen LogP contribution in [0.3, 0.4) is 0 Å². The molecule has 4 nitrogen and oxygen atoms in total. The van der Waals surface area contributed by atoms with Crippen molar-refractivity contribution in [2.75, 3.05) is 13.1 Å². The van der Waals surface area contributed by atoms with Crippen LogP contribution in [0.1, 0.15) is 31.2 Å². The van der Waals surface area contributed by atoms with Crippen LogP contribution in [0.15, 0.2) is 24.3 Å². The van der Waals surface area contributed by atoms with E-state index >= 15 is 0 Å². The third kappa shape index (κ3) is 3.15. The lowest BCUT2D eigenvalue weighted by Gasteiger charge is -2.19. The third-order valence-electron chi connectivity index (χ3n) is 3.81. The predicted octanol–water partition coefficient (Wildman–Crippen LogP) is 2.25. The number of nitrogens with zero attached hydrogens (tertiary/aromatic N) is 1. The van der Waals surface area contributed by atoms with Crippen molar-refractivity contribution in [1.82, 2.24) is 4.90 Å². The average Bonchev–Trinajstić information content (AvgIpc) is 2.88. The van der Waals surface area contributed by atoms with Crippen molar-refractivity contribution >= 4 is 11.9 Å². The van der Waals surface area contributed by atoms with Gasteiger partial charge in [-0.3, -0.25) is 9.59 Å². The minimum atomic E-state index is -0.859. The van der Waals surface area contributed by atoms with E-state index in [1.54, 1.807) is 30.0 Å². The van der Waals surface area contributed by atoms with Crippen molar-refractivity contribution in [3.63, 3.8) is 0 Å². The van der Waals surface area contributed by atoms with Gasteiger partial charge in [0.05, 0.1) is 5.92 Å². The van der Waals surface area contributed by atoms with Gasteiger partial charge in [0.2, 0.25) is 5.91 Å². The van der Waals surface area contributed by atoms with E-state index in [1.807, 2.05) is 0 Å². The summed E-state index contributed by atoms with van der Waals surface area (Å²) in [6, 6.07) is 6.42. The molecule has 1 aliphatic heterocycles. The summed E-state index contributed by atoms with van der Waals surface area (Å²) in [7, 11) is 0. The first kappa shape index (κ1) is 14.5. The lowest BCUT2D eigenvalue weighted by molar-refractivity contribution is -0.141. The summed E-state index contributed by atoms with van der Waals surface area (Å²) >= 11 is 0. The number of aliphatic carboxylic acids is 1. The van der Waals surface area contributed by atoms with Crippen molar-refractivity contribution in [3.8, 4) is 0 Å². The minimum Gasteiger partial charge on any atom is -0.481 e. The van der Waals surface area contributed by atoms with Gasteiger partial charge in [-0.25, -0.2) is 4.39 Å². The molecule has 0 unspecified atom stereocenters. The molecule has 0 aromatic heterocycles. The molecule has 0 bridgehead atoms. The molecule has 0 spiro atoms. The van der Waals surface area contributed by atoms with Gasteiger partial charge in [-0.1, -0.05) is 25.1 Å². The standard InChI is InChI=1S/C15H18FNO3/c1-10(12-4-2-3-5-13(12)16)8-14(18)17-7-6-11(9-17)15(19)20/h2-5,10-11H,6-9H2,1H3,(H,19,20)/t10-,11+/m1/s1. The molecule has 1 amide bonds. The molecule has 108 valence electrons. The van der Waals surface area contributed by atoms with Crippen LogP contribution in [-0.2, 0) is 9.59 Å². The maximum atomic E-state index is 13.6. The molecule has 0 radical (unpaired) electrons. The minimum absolute atomic E-state index is 0.107. The number of carboxylic acid groups (broad SMARTS) is 1. The second kappa shape index (κ2) is 6.03. The predicted molar refractivity (Wildman–Crippen MR) is 71.8 cm³/mol. The van der Waals surface area contributed by atoms with Crippen LogP contribution in [0.5, 0.6) is 0 Å². The Hall–Kier alpha value is -1.91. The van der Waals surface area contributed by atoms with Crippen LogP contribution in [0.25, 0.3) is 0 Å². The zero-order valence-electron chi connectivity index (χ0n) is 11.4. The Morgan fingerprint density at radius 3 is 2.75 bits per heavy atom. The number of rotatable bonds is 4. The molecular weight excluding hydrogens is 261 g/mol. The van der Waals surface area contributed by atoms with E-state index in [1.165, 1.54) is 6.07 Å². The van der Waals surface area contributed by atoms with Gasteiger partial charge in [-0.05, 0) is 24.0 Å². The number of amides is 1.